The predicted molar refractivity (Wildman–Crippen MR) is 123 cm³/mol. The molecule has 2 aliphatic rings. The van der Waals surface area contributed by atoms with Gasteiger partial charge in [0.25, 0.3) is 5.56 Å². The Morgan fingerprint density at radius 1 is 1.06 bits per heavy atom. The summed E-state index contributed by atoms with van der Waals surface area (Å²) in [5, 5.41) is 12.2. The molecule has 2 N–H and O–H groups in total. The average molecular weight is 462 g/mol. The highest BCUT2D eigenvalue weighted by atomic mass is 19.1. The highest BCUT2D eigenvalue weighted by Crippen LogP contribution is 2.32. The van der Waals surface area contributed by atoms with Crippen molar-refractivity contribution < 1.29 is 19.1 Å². The number of nitrogens with zero attached hydrogens (tertiary/aromatic N) is 2. The van der Waals surface area contributed by atoms with Crippen LogP contribution in [-0.4, -0.2) is 33.0 Å². The summed E-state index contributed by atoms with van der Waals surface area (Å²) in [4.78, 5) is 42.6. The number of carboxylic acids is 1. The zero-order chi connectivity index (χ0) is 23.4. The van der Waals surface area contributed by atoms with E-state index in [4.69, 9.17) is 9.94 Å². The number of carboxylic acid groups (broad SMARTS) is 1. The van der Waals surface area contributed by atoms with Gasteiger partial charge in [-0.1, -0.05) is 36.8 Å². The zero-order valence-corrected chi connectivity index (χ0v) is 18.9. The first-order chi connectivity index (χ1) is 16.0. The molecule has 1 heterocycles. The molecule has 0 amide bonds. The summed E-state index contributed by atoms with van der Waals surface area (Å²) in [6.07, 6.45) is 9.71. The molecule has 2 aromatic rings. The molecule has 2 aliphatic carbocycles. The third-order valence-corrected chi connectivity index (χ3v) is 6.80. The number of benzene rings is 1. The van der Waals surface area contributed by atoms with E-state index in [0.717, 1.165) is 56.1 Å². The third-order valence-electron chi connectivity index (χ3n) is 6.80. The Balaban J connectivity index is 1.71. The van der Waals surface area contributed by atoms with Gasteiger partial charge in [0.1, 0.15) is 12.4 Å². The topological polar surface area (TPSA) is 103 Å². The number of rotatable bonds is 9. The van der Waals surface area contributed by atoms with Gasteiger partial charge in [-0.15, -0.1) is 0 Å². The van der Waals surface area contributed by atoms with E-state index in [1.165, 1.54) is 12.5 Å². The molecule has 0 bridgehead atoms. The molecule has 180 valence electrons. The molecule has 4 rings (SSSR count). The number of hydrogen-bond donors (Lipinski definition) is 2. The minimum atomic E-state index is -0.908. The van der Waals surface area contributed by atoms with Crippen LogP contribution in [0.2, 0.25) is 0 Å². The first-order valence-corrected chi connectivity index (χ1v) is 12.1. The fraction of sp³-hybridized carbons (Fsp3) is 0.625. The first-order valence-electron chi connectivity index (χ1n) is 12.1. The Labute approximate surface area is 191 Å². The van der Waals surface area contributed by atoms with Crippen LogP contribution in [0.3, 0.4) is 0 Å². The Hall–Kier alpha value is -2.84. The van der Waals surface area contributed by atoms with E-state index >= 15 is 4.39 Å². The Kier molecular flexibility index (Phi) is 7.35. The van der Waals surface area contributed by atoms with Crippen molar-refractivity contribution in [2.45, 2.75) is 89.1 Å². The molecule has 9 heteroatoms. The van der Waals surface area contributed by atoms with E-state index in [9.17, 15) is 14.4 Å². The Morgan fingerprint density at radius 3 is 2.45 bits per heavy atom. The van der Waals surface area contributed by atoms with Crippen molar-refractivity contribution in [2.24, 2.45) is 0 Å². The molecular weight excluding hydrogens is 429 g/mol. The van der Waals surface area contributed by atoms with Gasteiger partial charge < -0.3 is 15.3 Å². The molecule has 1 aromatic carbocycles. The van der Waals surface area contributed by atoms with Crippen LogP contribution >= 0.6 is 0 Å². The molecule has 33 heavy (non-hydrogen) atoms. The number of fused-ring (bicyclic) bond motifs is 1. The lowest BCUT2D eigenvalue weighted by Gasteiger charge is -2.25. The summed E-state index contributed by atoms with van der Waals surface area (Å²) >= 11 is 0. The lowest BCUT2D eigenvalue weighted by atomic mass is 9.95. The van der Waals surface area contributed by atoms with Crippen molar-refractivity contribution in [1.82, 2.24) is 9.30 Å². The van der Waals surface area contributed by atoms with E-state index in [-0.39, 0.29) is 30.5 Å². The standard InChI is InChI=1S/C24H32FN3O5/c25-19-14-18-21(15-20(19)26-16-8-2-1-3-9-16)27(17-10-4-5-11-17)24(32)28(23(18)31)33-13-7-6-12-22(29)30/h14-17,26H,1-13H2,(H,29,30). The maximum Gasteiger partial charge on any atom is 0.365 e. The van der Waals surface area contributed by atoms with E-state index in [2.05, 4.69) is 5.32 Å². The van der Waals surface area contributed by atoms with E-state index in [1.807, 2.05) is 0 Å². The van der Waals surface area contributed by atoms with E-state index < -0.39 is 23.0 Å². The average Bonchev–Trinajstić information content (AvgIpc) is 3.32. The van der Waals surface area contributed by atoms with Crippen LogP contribution in [0.1, 0.15) is 83.1 Å². The van der Waals surface area contributed by atoms with Crippen molar-refractivity contribution >= 4 is 22.6 Å². The highest BCUT2D eigenvalue weighted by Gasteiger charge is 2.25. The number of aromatic nitrogens is 2. The Morgan fingerprint density at radius 2 is 1.76 bits per heavy atom. The van der Waals surface area contributed by atoms with Crippen molar-refractivity contribution in [3.63, 3.8) is 0 Å². The molecule has 0 atom stereocenters. The van der Waals surface area contributed by atoms with Crippen molar-refractivity contribution in [2.75, 3.05) is 11.9 Å². The van der Waals surface area contributed by atoms with Crippen LogP contribution in [-0.2, 0) is 4.79 Å². The molecule has 0 spiro atoms. The fourth-order valence-corrected chi connectivity index (χ4v) is 5.07. The molecular formula is C24H32FN3O5. The summed E-state index contributed by atoms with van der Waals surface area (Å²) in [6.45, 7) is 0.0302. The molecule has 8 nitrogen and oxygen atoms in total. The van der Waals surface area contributed by atoms with Crippen LogP contribution < -0.4 is 21.4 Å². The van der Waals surface area contributed by atoms with Crippen LogP contribution in [0.25, 0.3) is 10.9 Å². The minimum Gasteiger partial charge on any atom is -0.481 e. The number of anilines is 1. The molecule has 0 radical (unpaired) electrons. The SMILES string of the molecule is O=C(O)CCCCOn1c(=O)c2cc(F)c(NC3CCCCC3)cc2n(C2CCCC2)c1=O. The van der Waals surface area contributed by atoms with Crippen molar-refractivity contribution in [3.05, 3.63) is 38.8 Å². The second kappa shape index (κ2) is 10.4. The number of halogens is 1. The molecule has 0 saturated heterocycles. The van der Waals surface area contributed by atoms with Gasteiger partial charge in [-0.2, -0.15) is 0 Å². The Bertz CT molecular complexity index is 1110. The number of hydrogen-bond acceptors (Lipinski definition) is 5. The summed E-state index contributed by atoms with van der Waals surface area (Å²) < 4.78 is 17.3. The summed E-state index contributed by atoms with van der Waals surface area (Å²) in [7, 11) is 0. The summed E-state index contributed by atoms with van der Waals surface area (Å²) in [5.41, 5.74) is -0.493. The third kappa shape index (κ3) is 5.23. The lowest BCUT2D eigenvalue weighted by Crippen LogP contribution is -2.45. The van der Waals surface area contributed by atoms with Gasteiger partial charge in [0.05, 0.1) is 16.6 Å². The van der Waals surface area contributed by atoms with Gasteiger partial charge >= 0.3 is 11.7 Å². The second-order valence-corrected chi connectivity index (χ2v) is 9.20. The quantitative estimate of drug-likeness (QED) is 0.550. The van der Waals surface area contributed by atoms with Crippen molar-refractivity contribution in [1.29, 1.82) is 0 Å². The summed E-state index contributed by atoms with van der Waals surface area (Å²) in [5.74, 6) is -1.43. The molecule has 0 unspecified atom stereocenters. The smallest absolute Gasteiger partial charge is 0.365 e. The number of carbonyl (C=O) groups is 1. The largest absolute Gasteiger partial charge is 0.481 e. The minimum absolute atomic E-state index is 0.00966. The number of aliphatic carboxylic acids is 1. The number of nitrogens with one attached hydrogen (secondary N) is 1. The molecule has 1 aromatic heterocycles. The van der Waals surface area contributed by atoms with E-state index in [0.29, 0.717) is 24.0 Å². The predicted octanol–water partition coefficient (Wildman–Crippen LogP) is 3.85. The molecule has 2 fully saturated rings. The van der Waals surface area contributed by atoms with Crippen molar-refractivity contribution in [3.8, 4) is 0 Å². The van der Waals surface area contributed by atoms with Crippen LogP contribution in [0.15, 0.2) is 21.7 Å². The summed E-state index contributed by atoms with van der Waals surface area (Å²) in [6, 6.07) is 2.93. The van der Waals surface area contributed by atoms with Gasteiger partial charge in [-0.3, -0.25) is 14.2 Å². The monoisotopic (exact) mass is 461 g/mol. The normalized spacial score (nSPS) is 17.5. The molecule has 2 saturated carbocycles. The zero-order valence-electron chi connectivity index (χ0n) is 18.9. The number of unbranched alkanes of at least 4 members (excludes halogenated alkanes) is 1. The van der Waals surface area contributed by atoms with Crippen LogP contribution in [0.4, 0.5) is 10.1 Å². The second-order valence-electron chi connectivity index (χ2n) is 9.20. The van der Waals surface area contributed by atoms with Crippen LogP contribution in [0, 0.1) is 5.82 Å². The highest BCUT2D eigenvalue weighted by molar-refractivity contribution is 5.82. The van der Waals surface area contributed by atoms with Crippen LogP contribution in [0.5, 0.6) is 0 Å². The van der Waals surface area contributed by atoms with Gasteiger partial charge in [-0.25, -0.2) is 9.18 Å². The van der Waals surface area contributed by atoms with E-state index in [1.54, 1.807) is 10.6 Å². The fourth-order valence-electron chi connectivity index (χ4n) is 5.07. The van der Waals surface area contributed by atoms with Gasteiger partial charge in [0, 0.05) is 18.5 Å². The maximum atomic E-state index is 15.0. The van der Waals surface area contributed by atoms with Gasteiger partial charge in [0.15, 0.2) is 0 Å². The molecule has 0 aliphatic heterocycles. The lowest BCUT2D eigenvalue weighted by molar-refractivity contribution is -0.137. The maximum absolute atomic E-state index is 15.0. The van der Waals surface area contributed by atoms with Gasteiger partial charge in [-0.05, 0) is 50.7 Å². The first kappa shape index (κ1) is 23.3. The van der Waals surface area contributed by atoms with Gasteiger partial charge in [0.2, 0.25) is 0 Å².